The van der Waals surface area contributed by atoms with Gasteiger partial charge in [0.15, 0.2) is 5.78 Å². The van der Waals surface area contributed by atoms with E-state index in [1.54, 1.807) is 0 Å². The number of hydrogen-bond donors (Lipinski definition) is 1. The Morgan fingerprint density at radius 3 is 2.18 bits per heavy atom. The second-order valence-electron chi connectivity index (χ2n) is 3.13. The Bertz CT molecular complexity index is 185. The maximum atomic E-state index is 10.9. The van der Waals surface area contributed by atoms with E-state index < -0.39 is 0 Å². The van der Waals surface area contributed by atoms with Gasteiger partial charge in [-0.25, -0.2) is 0 Å². The fourth-order valence-corrected chi connectivity index (χ4v) is 1.20. The lowest BCUT2D eigenvalue weighted by Crippen LogP contribution is -2.40. The fraction of sp³-hybridized carbons (Fsp3) is 0.750. The Labute approximate surface area is 66.2 Å². The molecule has 1 unspecified atom stereocenters. The molecule has 0 aliphatic heterocycles. The highest BCUT2D eigenvalue weighted by Gasteiger charge is 2.34. The van der Waals surface area contributed by atoms with Gasteiger partial charge in [-0.15, -0.1) is 0 Å². The average molecular weight is 155 g/mol. The highest BCUT2D eigenvalue weighted by Crippen LogP contribution is 2.32. The van der Waals surface area contributed by atoms with E-state index in [0.29, 0.717) is 5.92 Å². The number of carbonyl (C=O) groups is 2. The van der Waals surface area contributed by atoms with Crippen molar-refractivity contribution in [2.75, 3.05) is 0 Å². The number of Topliss-reactive ketones (excluding diaryl/α,β-unsaturated/α-hetero) is 1. The Hall–Kier alpha value is -0.860. The largest absolute Gasteiger partial charge is 0.346 e. The lowest BCUT2D eigenvalue weighted by Gasteiger charge is -2.12. The third kappa shape index (κ3) is 2.33. The molecule has 1 amide bonds. The third-order valence-corrected chi connectivity index (χ3v) is 1.89. The van der Waals surface area contributed by atoms with E-state index in [0.717, 1.165) is 12.8 Å². The second kappa shape index (κ2) is 3.03. The predicted octanol–water partition coefficient (Wildman–Crippen LogP) is 0.490. The minimum Gasteiger partial charge on any atom is -0.346 e. The second-order valence-corrected chi connectivity index (χ2v) is 3.13. The van der Waals surface area contributed by atoms with Crippen LogP contribution in [0.5, 0.6) is 0 Å². The quantitative estimate of drug-likeness (QED) is 0.644. The SMILES string of the molecule is CC(=O)NC(C(C)=O)C1CC1. The minimum absolute atomic E-state index is 0.0719. The van der Waals surface area contributed by atoms with E-state index in [-0.39, 0.29) is 17.7 Å². The highest BCUT2D eigenvalue weighted by molar-refractivity contribution is 5.87. The summed E-state index contributed by atoms with van der Waals surface area (Å²) in [6.45, 7) is 2.97. The smallest absolute Gasteiger partial charge is 0.217 e. The molecule has 3 heteroatoms. The Morgan fingerprint density at radius 2 is 1.91 bits per heavy atom. The first-order valence-electron chi connectivity index (χ1n) is 3.89. The van der Waals surface area contributed by atoms with Crippen LogP contribution in [0.1, 0.15) is 26.7 Å². The first-order chi connectivity index (χ1) is 5.11. The van der Waals surface area contributed by atoms with Crippen LogP contribution in [0, 0.1) is 5.92 Å². The Morgan fingerprint density at radius 1 is 1.36 bits per heavy atom. The standard InChI is InChI=1S/C8H13NO2/c1-5(10)8(7-3-4-7)9-6(2)11/h7-8H,3-4H2,1-2H3,(H,9,11). The molecule has 11 heavy (non-hydrogen) atoms. The van der Waals surface area contributed by atoms with E-state index in [1.807, 2.05) is 0 Å². The minimum atomic E-state index is -0.215. The van der Waals surface area contributed by atoms with E-state index in [4.69, 9.17) is 0 Å². The van der Waals surface area contributed by atoms with Gasteiger partial charge in [-0.05, 0) is 25.7 Å². The molecule has 0 spiro atoms. The van der Waals surface area contributed by atoms with Crippen LogP contribution >= 0.6 is 0 Å². The first kappa shape index (κ1) is 8.24. The normalized spacial score (nSPS) is 19.1. The molecule has 3 nitrogen and oxygen atoms in total. The zero-order valence-corrected chi connectivity index (χ0v) is 6.89. The van der Waals surface area contributed by atoms with Crippen molar-refractivity contribution in [3.05, 3.63) is 0 Å². The van der Waals surface area contributed by atoms with Crippen molar-refractivity contribution in [3.63, 3.8) is 0 Å². The van der Waals surface area contributed by atoms with Crippen molar-refractivity contribution in [1.82, 2.24) is 5.32 Å². The number of nitrogens with one attached hydrogen (secondary N) is 1. The Kier molecular flexibility index (Phi) is 2.27. The molecule has 1 fully saturated rings. The van der Waals surface area contributed by atoms with Crippen molar-refractivity contribution in [2.45, 2.75) is 32.7 Å². The van der Waals surface area contributed by atoms with E-state index >= 15 is 0 Å². The van der Waals surface area contributed by atoms with E-state index in [2.05, 4.69) is 5.32 Å². The predicted molar refractivity (Wildman–Crippen MR) is 41.0 cm³/mol. The van der Waals surface area contributed by atoms with Crippen LogP contribution in [0.2, 0.25) is 0 Å². The fourth-order valence-electron chi connectivity index (χ4n) is 1.20. The lowest BCUT2D eigenvalue weighted by atomic mass is 10.1. The molecule has 1 atom stereocenters. The number of rotatable bonds is 3. The zero-order valence-electron chi connectivity index (χ0n) is 6.89. The molecular formula is C8H13NO2. The first-order valence-corrected chi connectivity index (χ1v) is 3.89. The molecule has 1 aliphatic rings. The van der Waals surface area contributed by atoms with Crippen molar-refractivity contribution >= 4 is 11.7 Å². The van der Waals surface area contributed by atoms with Gasteiger partial charge in [0.1, 0.15) is 0 Å². The molecule has 0 radical (unpaired) electrons. The summed E-state index contributed by atoms with van der Waals surface area (Å²) >= 11 is 0. The van der Waals surface area contributed by atoms with Gasteiger partial charge >= 0.3 is 0 Å². The van der Waals surface area contributed by atoms with Gasteiger partial charge in [0.25, 0.3) is 0 Å². The van der Waals surface area contributed by atoms with Crippen LogP contribution < -0.4 is 5.32 Å². The number of ketones is 1. The van der Waals surface area contributed by atoms with Gasteiger partial charge in [0.2, 0.25) is 5.91 Å². The molecule has 0 aromatic rings. The van der Waals surface area contributed by atoms with Crippen molar-refractivity contribution < 1.29 is 9.59 Å². The van der Waals surface area contributed by atoms with Gasteiger partial charge < -0.3 is 5.32 Å². The van der Waals surface area contributed by atoms with Crippen LogP contribution in [0.15, 0.2) is 0 Å². The molecule has 1 aliphatic carbocycles. The summed E-state index contributed by atoms with van der Waals surface area (Å²) in [4.78, 5) is 21.6. The monoisotopic (exact) mass is 155 g/mol. The number of carbonyl (C=O) groups excluding carboxylic acids is 2. The topological polar surface area (TPSA) is 46.2 Å². The molecule has 1 N–H and O–H groups in total. The molecular weight excluding hydrogens is 142 g/mol. The van der Waals surface area contributed by atoms with Crippen LogP contribution in [-0.2, 0) is 9.59 Å². The molecule has 62 valence electrons. The summed E-state index contributed by atoms with van der Waals surface area (Å²) in [6.07, 6.45) is 2.15. The maximum Gasteiger partial charge on any atom is 0.217 e. The summed E-state index contributed by atoms with van der Waals surface area (Å²) in [5.41, 5.74) is 0. The van der Waals surface area contributed by atoms with Crippen molar-refractivity contribution in [1.29, 1.82) is 0 Å². The number of hydrogen-bond acceptors (Lipinski definition) is 2. The van der Waals surface area contributed by atoms with Crippen molar-refractivity contribution in [2.24, 2.45) is 5.92 Å². The van der Waals surface area contributed by atoms with Crippen LogP contribution in [-0.4, -0.2) is 17.7 Å². The van der Waals surface area contributed by atoms with Gasteiger partial charge in [0.05, 0.1) is 6.04 Å². The van der Waals surface area contributed by atoms with Gasteiger partial charge in [-0.1, -0.05) is 0 Å². The summed E-state index contributed by atoms with van der Waals surface area (Å²) in [5.74, 6) is 0.371. The summed E-state index contributed by atoms with van der Waals surface area (Å²) in [6, 6.07) is -0.215. The van der Waals surface area contributed by atoms with Crippen LogP contribution in [0.3, 0.4) is 0 Å². The van der Waals surface area contributed by atoms with Crippen molar-refractivity contribution in [3.8, 4) is 0 Å². The lowest BCUT2D eigenvalue weighted by molar-refractivity contribution is -0.126. The highest BCUT2D eigenvalue weighted by atomic mass is 16.2. The van der Waals surface area contributed by atoms with Gasteiger partial charge in [-0.2, -0.15) is 0 Å². The van der Waals surface area contributed by atoms with Crippen LogP contribution in [0.25, 0.3) is 0 Å². The molecule has 0 aromatic heterocycles. The molecule has 1 saturated carbocycles. The third-order valence-electron chi connectivity index (χ3n) is 1.89. The molecule has 0 saturated heterocycles. The zero-order chi connectivity index (χ0) is 8.43. The van der Waals surface area contributed by atoms with E-state index in [9.17, 15) is 9.59 Å². The average Bonchev–Trinajstić information content (AvgIpc) is 2.63. The molecule has 0 aromatic carbocycles. The van der Waals surface area contributed by atoms with E-state index in [1.165, 1.54) is 13.8 Å². The number of amides is 1. The van der Waals surface area contributed by atoms with Gasteiger partial charge in [-0.3, -0.25) is 9.59 Å². The summed E-state index contributed by atoms with van der Waals surface area (Å²) in [5, 5.41) is 2.65. The molecule has 0 bridgehead atoms. The maximum absolute atomic E-state index is 10.9. The van der Waals surface area contributed by atoms with Crippen LogP contribution in [0.4, 0.5) is 0 Å². The summed E-state index contributed by atoms with van der Waals surface area (Å²) in [7, 11) is 0. The molecule has 1 rings (SSSR count). The molecule has 0 heterocycles. The van der Waals surface area contributed by atoms with Gasteiger partial charge in [0, 0.05) is 6.92 Å². The Balaban J connectivity index is 2.45. The summed E-state index contributed by atoms with van der Waals surface area (Å²) < 4.78 is 0.